The molecule has 1 atom stereocenters. The molecule has 0 spiro atoms. The fourth-order valence-electron chi connectivity index (χ4n) is 2.75. The Labute approximate surface area is 120 Å². The van der Waals surface area contributed by atoms with E-state index in [0.29, 0.717) is 13.0 Å². The number of hydrogen-bond donors (Lipinski definition) is 1. The van der Waals surface area contributed by atoms with E-state index < -0.39 is 0 Å². The van der Waals surface area contributed by atoms with Gasteiger partial charge in [-0.2, -0.15) is 0 Å². The lowest BCUT2D eigenvalue weighted by molar-refractivity contribution is -0.129. The van der Waals surface area contributed by atoms with Crippen LogP contribution >= 0.6 is 0 Å². The average Bonchev–Trinajstić information content (AvgIpc) is 2.48. The van der Waals surface area contributed by atoms with Crippen molar-refractivity contribution in [2.45, 2.75) is 31.7 Å². The van der Waals surface area contributed by atoms with Crippen LogP contribution in [0.5, 0.6) is 0 Å². The van der Waals surface area contributed by atoms with Gasteiger partial charge >= 0.3 is 0 Å². The van der Waals surface area contributed by atoms with Gasteiger partial charge in [0.15, 0.2) is 5.78 Å². The molecule has 1 unspecified atom stereocenters. The molecule has 1 aliphatic heterocycles. The SMILES string of the molecule is CNC(=O)C1CCCCN1CC(=O)Cc1ccccc1. The number of likely N-dealkylation sites (tertiary alicyclic amines) is 1. The van der Waals surface area contributed by atoms with Gasteiger partial charge in [-0.15, -0.1) is 0 Å². The van der Waals surface area contributed by atoms with E-state index in [2.05, 4.69) is 5.32 Å². The van der Waals surface area contributed by atoms with Gasteiger partial charge in [0, 0.05) is 13.5 Å². The number of carbonyl (C=O) groups is 2. The van der Waals surface area contributed by atoms with Gasteiger partial charge in [0.05, 0.1) is 12.6 Å². The highest BCUT2D eigenvalue weighted by Gasteiger charge is 2.28. The highest BCUT2D eigenvalue weighted by atomic mass is 16.2. The van der Waals surface area contributed by atoms with Gasteiger partial charge in [0.2, 0.25) is 5.91 Å². The Bertz CT molecular complexity index is 459. The number of Topliss-reactive ketones (excluding diaryl/α,β-unsaturated/α-hetero) is 1. The van der Waals surface area contributed by atoms with Crippen molar-refractivity contribution in [2.24, 2.45) is 0 Å². The molecule has 20 heavy (non-hydrogen) atoms. The van der Waals surface area contributed by atoms with Crippen LogP contribution in [0.4, 0.5) is 0 Å². The highest BCUT2D eigenvalue weighted by Crippen LogP contribution is 2.17. The van der Waals surface area contributed by atoms with Crippen molar-refractivity contribution in [2.75, 3.05) is 20.1 Å². The van der Waals surface area contributed by atoms with Crippen molar-refractivity contribution in [1.29, 1.82) is 0 Å². The summed E-state index contributed by atoms with van der Waals surface area (Å²) >= 11 is 0. The lowest BCUT2D eigenvalue weighted by Gasteiger charge is -2.33. The summed E-state index contributed by atoms with van der Waals surface area (Å²) in [5.74, 6) is 0.198. The van der Waals surface area contributed by atoms with Crippen LogP contribution in [0.3, 0.4) is 0 Å². The Morgan fingerprint density at radius 1 is 1.25 bits per heavy atom. The topological polar surface area (TPSA) is 49.4 Å². The number of piperidine rings is 1. The molecule has 1 amide bonds. The first-order chi connectivity index (χ1) is 9.70. The Hall–Kier alpha value is -1.68. The Balaban J connectivity index is 1.93. The summed E-state index contributed by atoms with van der Waals surface area (Å²) < 4.78 is 0. The number of carbonyl (C=O) groups excluding carboxylic acids is 2. The Morgan fingerprint density at radius 2 is 2.00 bits per heavy atom. The summed E-state index contributed by atoms with van der Waals surface area (Å²) in [7, 11) is 1.65. The van der Waals surface area contributed by atoms with Crippen LogP contribution < -0.4 is 5.32 Å². The minimum absolute atomic E-state index is 0.0252. The number of hydrogen-bond acceptors (Lipinski definition) is 3. The number of benzene rings is 1. The molecule has 4 heteroatoms. The summed E-state index contributed by atoms with van der Waals surface area (Å²) in [6.07, 6.45) is 3.41. The summed E-state index contributed by atoms with van der Waals surface area (Å²) in [6.45, 7) is 1.20. The molecule has 0 saturated carbocycles. The average molecular weight is 274 g/mol. The van der Waals surface area contributed by atoms with E-state index in [9.17, 15) is 9.59 Å². The van der Waals surface area contributed by atoms with Crippen LogP contribution in [0.15, 0.2) is 30.3 Å². The third-order valence-electron chi connectivity index (χ3n) is 3.79. The molecule has 2 rings (SSSR count). The van der Waals surface area contributed by atoms with Crippen LogP contribution in [-0.2, 0) is 16.0 Å². The second kappa shape index (κ2) is 7.20. The lowest BCUT2D eigenvalue weighted by Crippen LogP contribution is -2.50. The monoisotopic (exact) mass is 274 g/mol. The van der Waals surface area contributed by atoms with E-state index in [1.165, 1.54) is 0 Å². The quantitative estimate of drug-likeness (QED) is 0.883. The first-order valence-corrected chi connectivity index (χ1v) is 7.22. The van der Waals surface area contributed by atoms with Crippen LogP contribution in [0.25, 0.3) is 0 Å². The molecule has 108 valence electrons. The van der Waals surface area contributed by atoms with Crippen LogP contribution in [-0.4, -0.2) is 42.8 Å². The first kappa shape index (κ1) is 14.7. The van der Waals surface area contributed by atoms with E-state index in [1.807, 2.05) is 35.2 Å². The van der Waals surface area contributed by atoms with Crippen molar-refractivity contribution in [3.8, 4) is 0 Å². The van der Waals surface area contributed by atoms with E-state index in [0.717, 1.165) is 31.4 Å². The summed E-state index contributed by atoms with van der Waals surface area (Å²) in [6, 6.07) is 9.61. The molecular weight excluding hydrogens is 252 g/mol. The number of ketones is 1. The molecule has 1 aliphatic rings. The molecule has 0 radical (unpaired) electrons. The van der Waals surface area contributed by atoms with E-state index in [1.54, 1.807) is 7.05 Å². The summed E-state index contributed by atoms with van der Waals surface area (Å²) in [5, 5.41) is 2.70. The zero-order valence-electron chi connectivity index (χ0n) is 12.0. The van der Waals surface area contributed by atoms with Crippen molar-refractivity contribution in [1.82, 2.24) is 10.2 Å². The molecule has 1 heterocycles. The van der Waals surface area contributed by atoms with Crippen molar-refractivity contribution < 1.29 is 9.59 Å². The van der Waals surface area contributed by atoms with Gasteiger partial charge in [-0.1, -0.05) is 36.8 Å². The standard InChI is InChI=1S/C16H22N2O2/c1-17-16(20)15-9-5-6-10-18(15)12-14(19)11-13-7-3-2-4-8-13/h2-4,7-8,15H,5-6,9-12H2,1H3,(H,17,20). The number of nitrogens with zero attached hydrogens (tertiary/aromatic N) is 1. The maximum atomic E-state index is 12.2. The van der Waals surface area contributed by atoms with E-state index >= 15 is 0 Å². The number of nitrogens with one attached hydrogen (secondary N) is 1. The molecule has 1 fully saturated rings. The third-order valence-corrected chi connectivity index (χ3v) is 3.79. The molecule has 0 bridgehead atoms. The summed E-state index contributed by atoms with van der Waals surface area (Å²) in [5.41, 5.74) is 1.03. The number of rotatable bonds is 5. The normalized spacial score (nSPS) is 19.6. The predicted molar refractivity (Wildman–Crippen MR) is 78.4 cm³/mol. The van der Waals surface area contributed by atoms with Gasteiger partial charge in [-0.3, -0.25) is 14.5 Å². The predicted octanol–water partition coefficient (Wildman–Crippen LogP) is 1.40. The lowest BCUT2D eigenvalue weighted by atomic mass is 10.00. The molecule has 0 aromatic heterocycles. The Morgan fingerprint density at radius 3 is 2.70 bits per heavy atom. The van der Waals surface area contributed by atoms with Gasteiger partial charge in [-0.25, -0.2) is 0 Å². The molecular formula is C16H22N2O2. The van der Waals surface area contributed by atoms with Crippen LogP contribution in [0.1, 0.15) is 24.8 Å². The number of amides is 1. The van der Waals surface area contributed by atoms with Gasteiger partial charge in [0.25, 0.3) is 0 Å². The van der Waals surface area contributed by atoms with Crippen molar-refractivity contribution in [3.63, 3.8) is 0 Å². The van der Waals surface area contributed by atoms with Gasteiger partial charge < -0.3 is 5.32 Å². The second-order valence-corrected chi connectivity index (χ2v) is 5.30. The largest absolute Gasteiger partial charge is 0.358 e. The first-order valence-electron chi connectivity index (χ1n) is 7.22. The smallest absolute Gasteiger partial charge is 0.237 e. The summed E-state index contributed by atoms with van der Waals surface area (Å²) in [4.78, 5) is 26.0. The van der Waals surface area contributed by atoms with E-state index in [-0.39, 0.29) is 17.7 Å². The van der Waals surface area contributed by atoms with Gasteiger partial charge in [0.1, 0.15) is 0 Å². The van der Waals surface area contributed by atoms with E-state index in [4.69, 9.17) is 0 Å². The highest BCUT2D eigenvalue weighted by molar-refractivity contribution is 5.85. The third kappa shape index (κ3) is 3.90. The number of likely N-dealkylation sites (N-methyl/N-ethyl adjacent to an activating group) is 1. The minimum atomic E-state index is -0.145. The fourth-order valence-corrected chi connectivity index (χ4v) is 2.75. The zero-order valence-corrected chi connectivity index (χ0v) is 12.0. The van der Waals surface area contributed by atoms with Crippen LogP contribution in [0.2, 0.25) is 0 Å². The maximum absolute atomic E-state index is 12.2. The molecule has 1 saturated heterocycles. The molecule has 4 nitrogen and oxygen atoms in total. The molecule has 1 N–H and O–H groups in total. The molecule has 1 aromatic rings. The van der Waals surface area contributed by atoms with Gasteiger partial charge in [-0.05, 0) is 24.9 Å². The Kier molecular flexibility index (Phi) is 5.30. The molecule has 1 aromatic carbocycles. The van der Waals surface area contributed by atoms with Crippen LogP contribution in [0, 0.1) is 0 Å². The van der Waals surface area contributed by atoms with Crippen molar-refractivity contribution in [3.05, 3.63) is 35.9 Å². The second-order valence-electron chi connectivity index (χ2n) is 5.30. The van der Waals surface area contributed by atoms with Crippen molar-refractivity contribution >= 4 is 11.7 Å². The molecule has 0 aliphatic carbocycles. The zero-order chi connectivity index (χ0) is 14.4. The minimum Gasteiger partial charge on any atom is -0.358 e. The fraction of sp³-hybridized carbons (Fsp3) is 0.500. The maximum Gasteiger partial charge on any atom is 0.237 e.